The van der Waals surface area contributed by atoms with Gasteiger partial charge < -0.3 is 24.8 Å². The molecule has 0 aliphatic heterocycles. The fraction of sp³-hybridized carbons (Fsp3) is 0.250. The molecule has 4 aromatic carbocycles. The summed E-state index contributed by atoms with van der Waals surface area (Å²) in [7, 11) is 0. The lowest BCUT2D eigenvalue weighted by atomic mass is 10.1. The molecule has 44 heavy (non-hydrogen) atoms. The van der Waals surface area contributed by atoms with Crippen molar-refractivity contribution in [3.8, 4) is 11.5 Å². The summed E-state index contributed by atoms with van der Waals surface area (Å²) in [5, 5.41) is 5.85. The van der Waals surface area contributed by atoms with Crippen molar-refractivity contribution in [2.24, 2.45) is 0 Å². The SMILES string of the molecule is CCOC(=O)CCCCCOc1ccccc1NC(=O)c1ccc(CNC(=O)c2ccccc2OCc2ccccc2)cc1. The van der Waals surface area contributed by atoms with E-state index in [2.05, 4.69) is 10.6 Å². The summed E-state index contributed by atoms with van der Waals surface area (Å²) in [4.78, 5) is 37.4. The van der Waals surface area contributed by atoms with Crippen molar-refractivity contribution in [2.45, 2.75) is 45.8 Å². The van der Waals surface area contributed by atoms with Gasteiger partial charge in [0.2, 0.25) is 0 Å². The standard InChI is InChI=1S/C36H38N2O6/c1-2-42-34(39)19-7-4-12-24-43-33-18-11-9-16-31(33)38-35(40)29-22-20-27(21-23-29)25-37-36(41)30-15-8-10-17-32(30)44-26-28-13-5-3-6-14-28/h3,5-6,8-11,13-18,20-23H,2,4,7,12,19,24-26H2,1H3,(H,37,41)(H,38,40). The molecule has 0 atom stereocenters. The van der Waals surface area contributed by atoms with Crippen LogP contribution in [-0.2, 0) is 22.7 Å². The van der Waals surface area contributed by atoms with Crippen LogP contribution in [0.4, 0.5) is 5.69 Å². The number of benzene rings is 4. The number of para-hydroxylation sites is 3. The largest absolute Gasteiger partial charge is 0.491 e. The lowest BCUT2D eigenvalue weighted by Crippen LogP contribution is -2.23. The second kappa shape index (κ2) is 17.1. The van der Waals surface area contributed by atoms with Crippen LogP contribution in [0.2, 0.25) is 0 Å². The van der Waals surface area contributed by atoms with E-state index in [4.69, 9.17) is 14.2 Å². The van der Waals surface area contributed by atoms with Crippen LogP contribution < -0.4 is 20.1 Å². The van der Waals surface area contributed by atoms with E-state index in [1.807, 2.05) is 66.7 Å². The first-order valence-corrected chi connectivity index (χ1v) is 14.8. The molecule has 0 bridgehead atoms. The fourth-order valence-corrected chi connectivity index (χ4v) is 4.42. The molecular weight excluding hydrogens is 556 g/mol. The Kier molecular flexibility index (Phi) is 12.4. The molecule has 0 saturated heterocycles. The van der Waals surface area contributed by atoms with Crippen molar-refractivity contribution in [2.75, 3.05) is 18.5 Å². The Labute approximate surface area is 258 Å². The van der Waals surface area contributed by atoms with Crippen LogP contribution in [0.1, 0.15) is 64.4 Å². The predicted molar refractivity (Wildman–Crippen MR) is 170 cm³/mol. The van der Waals surface area contributed by atoms with E-state index in [9.17, 15) is 14.4 Å². The molecule has 0 aromatic heterocycles. The fourth-order valence-electron chi connectivity index (χ4n) is 4.42. The molecule has 0 heterocycles. The number of hydrogen-bond acceptors (Lipinski definition) is 6. The molecular formula is C36H38N2O6. The van der Waals surface area contributed by atoms with Gasteiger partial charge >= 0.3 is 5.97 Å². The molecule has 0 saturated carbocycles. The highest BCUT2D eigenvalue weighted by Crippen LogP contribution is 2.25. The van der Waals surface area contributed by atoms with Gasteiger partial charge in [-0.15, -0.1) is 0 Å². The molecule has 8 nitrogen and oxygen atoms in total. The molecule has 0 aliphatic rings. The van der Waals surface area contributed by atoms with Crippen molar-refractivity contribution >= 4 is 23.5 Å². The van der Waals surface area contributed by atoms with Gasteiger partial charge in [0.15, 0.2) is 0 Å². The Bertz CT molecular complexity index is 1500. The zero-order chi connectivity index (χ0) is 31.0. The maximum absolute atomic E-state index is 13.0. The number of nitrogens with one attached hydrogen (secondary N) is 2. The minimum atomic E-state index is -0.268. The number of carbonyl (C=O) groups is 3. The Morgan fingerprint density at radius 3 is 2.14 bits per heavy atom. The van der Waals surface area contributed by atoms with Gasteiger partial charge in [-0.25, -0.2) is 0 Å². The second-order valence-electron chi connectivity index (χ2n) is 10.1. The number of hydrogen-bond donors (Lipinski definition) is 2. The smallest absolute Gasteiger partial charge is 0.305 e. The number of carbonyl (C=O) groups excluding carboxylic acids is 3. The first kappa shape index (κ1) is 31.8. The third kappa shape index (κ3) is 10.0. The highest BCUT2D eigenvalue weighted by Gasteiger charge is 2.13. The third-order valence-corrected chi connectivity index (χ3v) is 6.76. The summed E-state index contributed by atoms with van der Waals surface area (Å²) < 4.78 is 16.8. The van der Waals surface area contributed by atoms with Gasteiger partial charge in [0, 0.05) is 18.5 Å². The molecule has 4 aromatic rings. The molecule has 0 unspecified atom stereocenters. The highest BCUT2D eigenvalue weighted by molar-refractivity contribution is 6.05. The van der Waals surface area contributed by atoms with Crippen LogP contribution in [-0.4, -0.2) is 31.0 Å². The van der Waals surface area contributed by atoms with Gasteiger partial charge in [0.1, 0.15) is 18.1 Å². The molecule has 0 spiro atoms. The molecule has 228 valence electrons. The topological polar surface area (TPSA) is 103 Å². The number of ether oxygens (including phenoxy) is 3. The monoisotopic (exact) mass is 594 g/mol. The number of amides is 2. The van der Waals surface area contributed by atoms with Crippen molar-refractivity contribution < 1.29 is 28.6 Å². The van der Waals surface area contributed by atoms with Crippen LogP contribution >= 0.6 is 0 Å². The minimum Gasteiger partial charge on any atom is -0.491 e. The van der Waals surface area contributed by atoms with Gasteiger partial charge in [-0.3, -0.25) is 14.4 Å². The zero-order valence-electron chi connectivity index (χ0n) is 24.9. The first-order chi connectivity index (χ1) is 21.5. The van der Waals surface area contributed by atoms with E-state index < -0.39 is 0 Å². The van der Waals surface area contributed by atoms with E-state index in [1.54, 1.807) is 43.3 Å². The minimum absolute atomic E-state index is 0.176. The third-order valence-electron chi connectivity index (χ3n) is 6.76. The van der Waals surface area contributed by atoms with Crippen molar-refractivity contribution in [1.29, 1.82) is 0 Å². The molecule has 4 rings (SSSR count). The summed E-state index contributed by atoms with van der Waals surface area (Å²) in [6.45, 7) is 3.33. The Morgan fingerprint density at radius 1 is 0.659 bits per heavy atom. The summed E-state index contributed by atoms with van der Waals surface area (Å²) >= 11 is 0. The lowest BCUT2D eigenvalue weighted by Gasteiger charge is -2.13. The second-order valence-corrected chi connectivity index (χ2v) is 10.1. The molecule has 2 amide bonds. The number of anilines is 1. The molecule has 0 aliphatic carbocycles. The highest BCUT2D eigenvalue weighted by atomic mass is 16.5. The Hall–Kier alpha value is -5.11. The van der Waals surface area contributed by atoms with Crippen LogP contribution in [0.5, 0.6) is 11.5 Å². The van der Waals surface area contributed by atoms with Crippen LogP contribution in [0.3, 0.4) is 0 Å². The lowest BCUT2D eigenvalue weighted by molar-refractivity contribution is -0.143. The summed E-state index contributed by atoms with van der Waals surface area (Å²) in [6, 6.07) is 31.3. The summed E-state index contributed by atoms with van der Waals surface area (Å²) in [5.41, 5.74) is 3.38. The van der Waals surface area contributed by atoms with Gasteiger partial charge in [-0.05, 0) is 73.7 Å². The molecule has 2 N–H and O–H groups in total. The van der Waals surface area contributed by atoms with E-state index in [1.165, 1.54) is 0 Å². The average molecular weight is 595 g/mol. The van der Waals surface area contributed by atoms with Gasteiger partial charge in [0.25, 0.3) is 11.8 Å². The van der Waals surface area contributed by atoms with Gasteiger partial charge in [-0.1, -0.05) is 66.7 Å². The number of unbranched alkanes of at least 4 members (excludes halogenated alkanes) is 2. The van der Waals surface area contributed by atoms with Gasteiger partial charge in [0.05, 0.1) is 24.5 Å². The van der Waals surface area contributed by atoms with Crippen LogP contribution in [0.15, 0.2) is 103 Å². The molecule has 8 heteroatoms. The van der Waals surface area contributed by atoms with E-state index in [0.717, 1.165) is 30.4 Å². The maximum Gasteiger partial charge on any atom is 0.305 e. The molecule has 0 radical (unpaired) electrons. The van der Waals surface area contributed by atoms with Crippen LogP contribution in [0, 0.1) is 0 Å². The quantitative estimate of drug-likeness (QED) is 0.108. The van der Waals surface area contributed by atoms with E-state index >= 15 is 0 Å². The summed E-state index contributed by atoms with van der Waals surface area (Å²) in [5.74, 6) is 0.407. The average Bonchev–Trinajstić information content (AvgIpc) is 3.06. The Morgan fingerprint density at radius 2 is 1.36 bits per heavy atom. The van der Waals surface area contributed by atoms with Crippen molar-refractivity contribution in [3.05, 3.63) is 125 Å². The maximum atomic E-state index is 13.0. The van der Waals surface area contributed by atoms with Crippen molar-refractivity contribution in [1.82, 2.24) is 5.32 Å². The van der Waals surface area contributed by atoms with Gasteiger partial charge in [-0.2, -0.15) is 0 Å². The Balaban J connectivity index is 1.25. The normalized spacial score (nSPS) is 10.5. The number of rotatable bonds is 16. The first-order valence-electron chi connectivity index (χ1n) is 14.8. The van der Waals surface area contributed by atoms with E-state index in [0.29, 0.717) is 61.1 Å². The predicted octanol–water partition coefficient (Wildman–Crippen LogP) is 6.95. The zero-order valence-corrected chi connectivity index (χ0v) is 24.9. The van der Waals surface area contributed by atoms with E-state index in [-0.39, 0.29) is 17.8 Å². The van der Waals surface area contributed by atoms with Crippen molar-refractivity contribution in [3.63, 3.8) is 0 Å². The summed E-state index contributed by atoms with van der Waals surface area (Å²) in [6.07, 6.45) is 2.78. The van der Waals surface area contributed by atoms with Crippen LogP contribution in [0.25, 0.3) is 0 Å². The number of esters is 1. The molecule has 0 fully saturated rings.